The molecule has 118 valence electrons. The number of sulfonamides is 1. The summed E-state index contributed by atoms with van der Waals surface area (Å²) >= 11 is 0. The summed E-state index contributed by atoms with van der Waals surface area (Å²) in [6.45, 7) is 0.355. The first kappa shape index (κ1) is 18.8. The monoisotopic (exact) mass is 311 g/mol. The minimum absolute atomic E-state index is 0.0289. The fourth-order valence-electron chi connectivity index (χ4n) is 1.45. The number of methoxy groups -OCH3 is 2. The molecule has 0 aromatic rings. The number of hydrogen-bond donors (Lipinski definition) is 2. The smallest absolute Gasteiger partial charge is 0.321 e. The molecule has 0 aliphatic rings. The largest absolute Gasteiger partial charge is 0.480 e. The number of nitrogens with one attached hydrogen (secondary N) is 1. The molecule has 1 unspecified atom stereocenters. The summed E-state index contributed by atoms with van der Waals surface area (Å²) in [5.41, 5.74) is 0. The predicted octanol–water partition coefficient (Wildman–Crippen LogP) is -0.261. The second-order valence-electron chi connectivity index (χ2n) is 4.14. The molecule has 0 rings (SSSR count). The van der Waals surface area contributed by atoms with E-state index in [0.717, 1.165) is 0 Å². The Hall–Kier alpha value is -1.19. The zero-order valence-corrected chi connectivity index (χ0v) is 12.4. The van der Waals surface area contributed by atoms with Gasteiger partial charge in [0.2, 0.25) is 10.0 Å². The van der Waals surface area contributed by atoms with Crippen molar-refractivity contribution in [2.24, 2.45) is 0 Å². The number of carbonyl (C=O) groups excluding carboxylic acids is 1. The van der Waals surface area contributed by atoms with Crippen LogP contribution in [0.5, 0.6) is 0 Å². The van der Waals surface area contributed by atoms with E-state index >= 15 is 0 Å². The van der Waals surface area contributed by atoms with Crippen molar-refractivity contribution < 1.29 is 32.6 Å². The number of carbonyl (C=O) groups is 2. The highest BCUT2D eigenvalue weighted by atomic mass is 32.2. The fraction of sp³-hybridized carbons (Fsp3) is 0.818. The van der Waals surface area contributed by atoms with Crippen molar-refractivity contribution in [1.29, 1.82) is 0 Å². The molecule has 0 bridgehead atoms. The van der Waals surface area contributed by atoms with Crippen LogP contribution >= 0.6 is 0 Å². The standard InChI is InChI=1S/C11H21NO7S/c1-18-7-3-5-9(11(14)15)12-20(16,17)8-4-6-10(13)19-2/h9,12H,3-8H2,1-2H3,(H,14,15). The Morgan fingerprint density at radius 3 is 2.40 bits per heavy atom. The number of rotatable bonds is 11. The van der Waals surface area contributed by atoms with E-state index in [-0.39, 0.29) is 25.0 Å². The first-order valence-corrected chi connectivity index (χ1v) is 7.76. The molecule has 1 atom stereocenters. The zero-order chi connectivity index (χ0) is 15.6. The minimum atomic E-state index is -3.75. The summed E-state index contributed by atoms with van der Waals surface area (Å²) in [6.07, 6.45) is 0.614. The van der Waals surface area contributed by atoms with Crippen LogP contribution < -0.4 is 4.72 Å². The molecule has 0 aliphatic heterocycles. The van der Waals surface area contributed by atoms with E-state index in [0.29, 0.717) is 13.0 Å². The van der Waals surface area contributed by atoms with Gasteiger partial charge in [0.15, 0.2) is 0 Å². The van der Waals surface area contributed by atoms with E-state index in [2.05, 4.69) is 9.46 Å². The maximum absolute atomic E-state index is 11.7. The van der Waals surface area contributed by atoms with Gasteiger partial charge in [-0.25, -0.2) is 13.1 Å². The van der Waals surface area contributed by atoms with Gasteiger partial charge in [0.25, 0.3) is 0 Å². The van der Waals surface area contributed by atoms with Gasteiger partial charge in [-0.3, -0.25) is 9.59 Å². The van der Waals surface area contributed by atoms with Gasteiger partial charge in [-0.15, -0.1) is 0 Å². The molecule has 0 aliphatic carbocycles. The lowest BCUT2D eigenvalue weighted by Crippen LogP contribution is -2.42. The lowest BCUT2D eigenvalue weighted by Gasteiger charge is -2.14. The van der Waals surface area contributed by atoms with Crippen LogP contribution in [0.3, 0.4) is 0 Å². The van der Waals surface area contributed by atoms with Crippen LogP contribution in [0.25, 0.3) is 0 Å². The van der Waals surface area contributed by atoms with Gasteiger partial charge in [0.05, 0.1) is 12.9 Å². The summed E-state index contributed by atoms with van der Waals surface area (Å²) in [5, 5.41) is 8.95. The Kier molecular flexibility index (Phi) is 9.10. The summed E-state index contributed by atoms with van der Waals surface area (Å²) in [6, 6.07) is -1.19. The molecular weight excluding hydrogens is 290 g/mol. The van der Waals surface area contributed by atoms with Gasteiger partial charge in [-0.05, 0) is 19.3 Å². The molecule has 0 saturated heterocycles. The maximum Gasteiger partial charge on any atom is 0.321 e. The van der Waals surface area contributed by atoms with Crippen molar-refractivity contribution in [3.8, 4) is 0 Å². The van der Waals surface area contributed by atoms with Crippen LogP contribution in [0, 0.1) is 0 Å². The van der Waals surface area contributed by atoms with Crippen LogP contribution in [0.2, 0.25) is 0 Å². The molecule has 8 nitrogen and oxygen atoms in total. The molecule has 0 radical (unpaired) electrons. The molecule has 9 heteroatoms. The van der Waals surface area contributed by atoms with Crippen LogP contribution in [-0.4, -0.2) is 58.1 Å². The Labute approximate surface area is 118 Å². The number of aliphatic carboxylic acids is 1. The molecule has 0 heterocycles. The van der Waals surface area contributed by atoms with Gasteiger partial charge in [-0.2, -0.15) is 0 Å². The Morgan fingerprint density at radius 2 is 1.90 bits per heavy atom. The van der Waals surface area contributed by atoms with Crippen molar-refractivity contribution in [2.45, 2.75) is 31.7 Å². The van der Waals surface area contributed by atoms with E-state index < -0.39 is 28.0 Å². The lowest BCUT2D eigenvalue weighted by atomic mass is 10.2. The molecule has 0 aromatic heterocycles. The van der Waals surface area contributed by atoms with Crippen molar-refractivity contribution in [2.75, 3.05) is 26.6 Å². The van der Waals surface area contributed by atoms with Crippen molar-refractivity contribution >= 4 is 22.0 Å². The first-order chi connectivity index (χ1) is 9.32. The normalized spacial score (nSPS) is 12.9. The molecule has 2 N–H and O–H groups in total. The van der Waals surface area contributed by atoms with E-state index in [9.17, 15) is 18.0 Å². The molecular formula is C11H21NO7S. The van der Waals surface area contributed by atoms with Crippen molar-refractivity contribution in [3.63, 3.8) is 0 Å². The molecule has 20 heavy (non-hydrogen) atoms. The molecule has 0 amide bonds. The van der Waals surface area contributed by atoms with Gasteiger partial charge in [0.1, 0.15) is 6.04 Å². The van der Waals surface area contributed by atoms with E-state index in [1.807, 2.05) is 0 Å². The molecule has 0 aromatic carbocycles. The SMILES string of the molecule is COCCCC(NS(=O)(=O)CCCC(=O)OC)C(=O)O. The number of carboxylic acid groups (broad SMARTS) is 1. The van der Waals surface area contributed by atoms with Crippen LogP contribution in [-0.2, 0) is 29.1 Å². The average Bonchev–Trinajstić information content (AvgIpc) is 2.37. The molecule has 0 spiro atoms. The fourth-order valence-corrected chi connectivity index (χ4v) is 2.74. The zero-order valence-electron chi connectivity index (χ0n) is 11.6. The summed E-state index contributed by atoms with van der Waals surface area (Å²) in [4.78, 5) is 21.8. The lowest BCUT2D eigenvalue weighted by molar-refractivity contribution is -0.141. The second-order valence-corrected chi connectivity index (χ2v) is 6.02. The minimum Gasteiger partial charge on any atom is -0.480 e. The van der Waals surface area contributed by atoms with Crippen LogP contribution in [0.4, 0.5) is 0 Å². The number of hydrogen-bond acceptors (Lipinski definition) is 6. The average molecular weight is 311 g/mol. The predicted molar refractivity (Wildman–Crippen MR) is 70.7 cm³/mol. The highest BCUT2D eigenvalue weighted by Crippen LogP contribution is 2.03. The topological polar surface area (TPSA) is 119 Å². The third-order valence-corrected chi connectivity index (χ3v) is 3.95. The summed E-state index contributed by atoms with van der Waals surface area (Å²) in [7, 11) is -1.05. The van der Waals surface area contributed by atoms with Crippen molar-refractivity contribution in [1.82, 2.24) is 4.72 Å². The Morgan fingerprint density at radius 1 is 1.25 bits per heavy atom. The van der Waals surface area contributed by atoms with Crippen molar-refractivity contribution in [3.05, 3.63) is 0 Å². The number of ether oxygens (including phenoxy) is 2. The van der Waals surface area contributed by atoms with E-state index in [1.165, 1.54) is 14.2 Å². The highest BCUT2D eigenvalue weighted by Gasteiger charge is 2.23. The van der Waals surface area contributed by atoms with E-state index in [4.69, 9.17) is 9.84 Å². The van der Waals surface area contributed by atoms with E-state index in [1.54, 1.807) is 0 Å². The van der Waals surface area contributed by atoms with Gasteiger partial charge in [-0.1, -0.05) is 0 Å². The maximum atomic E-state index is 11.7. The third kappa shape index (κ3) is 8.83. The Bertz CT molecular complexity index is 407. The van der Waals surface area contributed by atoms with Crippen LogP contribution in [0.1, 0.15) is 25.7 Å². The summed E-state index contributed by atoms with van der Waals surface area (Å²) in [5.74, 6) is -2.07. The summed E-state index contributed by atoms with van der Waals surface area (Å²) < 4.78 is 34.7. The molecule has 0 fully saturated rings. The quantitative estimate of drug-likeness (QED) is 0.398. The Balaban J connectivity index is 4.30. The second kappa shape index (κ2) is 9.67. The first-order valence-electron chi connectivity index (χ1n) is 6.11. The van der Waals surface area contributed by atoms with Gasteiger partial charge >= 0.3 is 11.9 Å². The van der Waals surface area contributed by atoms with Gasteiger partial charge in [0, 0.05) is 20.1 Å². The van der Waals surface area contributed by atoms with Gasteiger partial charge < -0.3 is 14.6 Å². The number of esters is 1. The third-order valence-electron chi connectivity index (χ3n) is 2.48. The van der Waals surface area contributed by atoms with Crippen LogP contribution in [0.15, 0.2) is 0 Å². The molecule has 0 saturated carbocycles. The highest BCUT2D eigenvalue weighted by molar-refractivity contribution is 7.89. The number of carboxylic acids is 1.